The number of anilines is 1. The van der Waals surface area contributed by atoms with E-state index in [4.69, 9.17) is 0 Å². The van der Waals surface area contributed by atoms with Gasteiger partial charge in [0.25, 0.3) is 0 Å². The number of hydrogen-bond donors (Lipinski definition) is 1. The van der Waals surface area contributed by atoms with Crippen LogP contribution in [0.15, 0.2) is 18.2 Å². The monoisotopic (exact) mass is 181 g/mol. The number of hydrogen-bond acceptors (Lipinski definition) is 1. The van der Waals surface area contributed by atoms with Crippen molar-refractivity contribution in [2.75, 3.05) is 12.4 Å². The summed E-state index contributed by atoms with van der Waals surface area (Å²) in [6, 6.07) is 5.19. The maximum absolute atomic E-state index is 13.1. The second kappa shape index (κ2) is 3.36. The molecular formula is C11H16FN. The molecule has 0 heterocycles. The summed E-state index contributed by atoms with van der Waals surface area (Å²) in [6.45, 7) is 6.33. The van der Waals surface area contributed by atoms with Crippen LogP contribution in [-0.2, 0) is 5.41 Å². The number of nitrogens with one attached hydrogen (secondary N) is 1. The van der Waals surface area contributed by atoms with Crippen molar-refractivity contribution in [3.05, 3.63) is 29.6 Å². The van der Waals surface area contributed by atoms with Crippen molar-refractivity contribution < 1.29 is 4.39 Å². The molecule has 0 aliphatic carbocycles. The first-order valence-electron chi connectivity index (χ1n) is 4.43. The first kappa shape index (κ1) is 10.0. The van der Waals surface area contributed by atoms with E-state index < -0.39 is 0 Å². The van der Waals surface area contributed by atoms with Gasteiger partial charge >= 0.3 is 0 Å². The Morgan fingerprint density at radius 2 is 1.85 bits per heavy atom. The molecule has 1 N–H and O–H groups in total. The second-order valence-electron chi connectivity index (χ2n) is 4.19. The highest BCUT2D eigenvalue weighted by Crippen LogP contribution is 2.26. The normalized spacial score (nSPS) is 11.5. The first-order chi connectivity index (χ1) is 5.95. The Balaban J connectivity index is 3.14. The zero-order valence-corrected chi connectivity index (χ0v) is 8.61. The second-order valence-corrected chi connectivity index (χ2v) is 4.19. The van der Waals surface area contributed by atoms with Crippen LogP contribution in [0.1, 0.15) is 26.3 Å². The first-order valence-corrected chi connectivity index (χ1v) is 4.43. The molecule has 1 aromatic carbocycles. The van der Waals surface area contributed by atoms with E-state index in [1.807, 2.05) is 12.1 Å². The van der Waals surface area contributed by atoms with E-state index in [-0.39, 0.29) is 11.2 Å². The Morgan fingerprint density at radius 3 is 2.31 bits per heavy atom. The van der Waals surface area contributed by atoms with Crippen LogP contribution >= 0.6 is 0 Å². The van der Waals surface area contributed by atoms with E-state index in [2.05, 4.69) is 26.1 Å². The molecule has 0 aliphatic heterocycles. The minimum atomic E-state index is -0.199. The van der Waals surface area contributed by atoms with Crippen molar-refractivity contribution in [3.63, 3.8) is 0 Å². The molecule has 0 unspecified atom stereocenters. The Labute approximate surface area is 79.0 Å². The molecule has 0 aromatic heterocycles. The van der Waals surface area contributed by atoms with Crippen molar-refractivity contribution in [2.45, 2.75) is 26.2 Å². The number of halogens is 1. The van der Waals surface area contributed by atoms with Gasteiger partial charge in [0.2, 0.25) is 0 Å². The van der Waals surface area contributed by atoms with Crippen LogP contribution in [0.3, 0.4) is 0 Å². The summed E-state index contributed by atoms with van der Waals surface area (Å²) in [7, 11) is 1.73. The van der Waals surface area contributed by atoms with Crippen molar-refractivity contribution in [1.82, 2.24) is 0 Å². The Hall–Kier alpha value is -1.05. The molecule has 2 heteroatoms. The minimum Gasteiger partial charge on any atom is -0.386 e. The van der Waals surface area contributed by atoms with E-state index in [9.17, 15) is 4.39 Å². The maximum atomic E-state index is 13.1. The van der Waals surface area contributed by atoms with Gasteiger partial charge in [-0.25, -0.2) is 4.39 Å². The van der Waals surface area contributed by atoms with Crippen molar-refractivity contribution in [1.29, 1.82) is 0 Å². The quantitative estimate of drug-likeness (QED) is 0.701. The van der Waals surface area contributed by atoms with Crippen LogP contribution in [0, 0.1) is 5.82 Å². The van der Waals surface area contributed by atoms with Crippen LogP contribution < -0.4 is 5.32 Å². The zero-order chi connectivity index (χ0) is 10.1. The average molecular weight is 181 g/mol. The summed E-state index contributed by atoms with van der Waals surface area (Å²) in [4.78, 5) is 0. The van der Waals surface area contributed by atoms with Gasteiger partial charge in [-0.15, -0.1) is 0 Å². The molecule has 1 aromatic rings. The van der Waals surface area contributed by atoms with Gasteiger partial charge in [0.15, 0.2) is 0 Å². The van der Waals surface area contributed by atoms with E-state index >= 15 is 0 Å². The molecule has 0 saturated carbocycles. The van der Waals surface area contributed by atoms with Gasteiger partial charge in [0.05, 0.1) is 5.69 Å². The lowest BCUT2D eigenvalue weighted by Gasteiger charge is -2.19. The SMILES string of the molecule is CNc1cc(C(C)(C)C)ccc1F. The van der Waals surface area contributed by atoms with Gasteiger partial charge in [-0.05, 0) is 23.1 Å². The molecule has 0 spiro atoms. The molecule has 1 nitrogen and oxygen atoms in total. The Bertz CT molecular complexity index is 299. The summed E-state index contributed by atoms with van der Waals surface area (Å²) in [5.74, 6) is -0.199. The van der Waals surface area contributed by atoms with Crippen LogP contribution in [0.4, 0.5) is 10.1 Å². The predicted octanol–water partition coefficient (Wildman–Crippen LogP) is 3.16. The molecule has 0 bridgehead atoms. The Morgan fingerprint density at radius 1 is 1.23 bits per heavy atom. The lowest BCUT2D eigenvalue weighted by atomic mass is 9.87. The fourth-order valence-corrected chi connectivity index (χ4v) is 1.18. The highest BCUT2D eigenvalue weighted by Gasteiger charge is 2.14. The number of rotatable bonds is 1. The molecule has 0 aliphatic rings. The summed E-state index contributed by atoms with van der Waals surface area (Å²) < 4.78 is 13.1. The van der Waals surface area contributed by atoms with Gasteiger partial charge in [-0.1, -0.05) is 26.8 Å². The topological polar surface area (TPSA) is 12.0 Å². The van der Waals surface area contributed by atoms with Crippen LogP contribution in [-0.4, -0.2) is 7.05 Å². The lowest BCUT2D eigenvalue weighted by Crippen LogP contribution is -2.11. The largest absolute Gasteiger partial charge is 0.386 e. The molecule has 72 valence electrons. The fraction of sp³-hybridized carbons (Fsp3) is 0.455. The fourth-order valence-electron chi connectivity index (χ4n) is 1.18. The predicted molar refractivity (Wildman–Crippen MR) is 54.6 cm³/mol. The molecular weight excluding hydrogens is 165 g/mol. The van der Waals surface area contributed by atoms with Crippen molar-refractivity contribution in [2.24, 2.45) is 0 Å². The third-order valence-corrected chi connectivity index (χ3v) is 2.10. The maximum Gasteiger partial charge on any atom is 0.146 e. The van der Waals surface area contributed by atoms with E-state index in [1.54, 1.807) is 7.05 Å². The standard InChI is InChI=1S/C11H16FN/c1-11(2,3)8-5-6-9(12)10(7-8)13-4/h5-7,13H,1-4H3. The zero-order valence-electron chi connectivity index (χ0n) is 8.61. The summed E-state index contributed by atoms with van der Waals surface area (Å²) in [5.41, 5.74) is 1.77. The lowest BCUT2D eigenvalue weighted by molar-refractivity contribution is 0.584. The van der Waals surface area contributed by atoms with Gasteiger partial charge < -0.3 is 5.32 Å². The average Bonchev–Trinajstić information content (AvgIpc) is 2.03. The van der Waals surface area contributed by atoms with E-state index in [1.165, 1.54) is 6.07 Å². The molecule has 13 heavy (non-hydrogen) atoms. The smallest absolute Gasteiger partial charge is 0.146 e. The molecule has 0 saturated heterocycles. The Kier molecular flexibility index (Phi) is 2.60. The summed E-state index contributed by atoms with van der Waals surface area (Å²) in [6.07, 6.45) is 0. The molecule has 0 radical (unpaired) electrons. The minimum absolute atomic E-state index is 0.0687. The van der Waals surface area contributed by atoms with E-state index in [0.29, 0.717) is 5.69 Å². The highest BCUT2D eigenvalue weighted by molar-refractivity contribution is 5.48. The van der Waals surface area contributed by atoms with Gasteiger partial charge in [-0.3, -0.25) is 0 Å². The van der Waals surface area contributed by atoms with Gasteiger partial charge in [-0.2, -0.15) is 0 Å². The van der Waals surface area contributed by atoms with Crippen LogP contribution in [0.25, 0.3) is 0 Å². The molecule has 0 amide bonds. The van der Waals surface area contributed by atoms with Gasteiger partial charge in [0.1, 0.15) is 5.82 Å². The molecule has 0 fully saturated rings. The van der Waals surface area contributed by atoms with Crippen molar-refractivity contribution in [3.8, 4) is 0 Å². The van der Waals surface area contributed by atoms with E-state index in [0.717, 1.165) is 5.56 Å². The summed E-state index contributed by atoms with van der Waals surface area (Å²) in [5, 5.41) is 2.83. The molecule has 1 rings (SSSR count). The van der Waals surface area contributed by atoms with Crippen LogP contribution in [0.5, 0.6) is 0 Å². The van der Waals surface area contributed by atoms with Gasteiger partial charge in [0, 0.05) is 7.05 Å². The third-order valence-electron chi connectivity index (χ3n) is 2.10. The highest BCUT2D eigenvalue weighted by atomic mass is 19.1. The molecule has 0 atom stereocenters. The van der Waals surface area contributed by atoms with Crippen molar-refractivity contribution >= 4 is 5.69 Å². The summed E-state index contributed by atoms with van der Waals surface area (Å²) >= 11 is 0. The van der Waals surface area contributed by atoms with Crippen LogP contribution in [0.2, 0.25) is 0 Å². The number of benzene rings is 1. The third kappa shape index (κ3) is 2.20.